The largest absolute Gasteiger partial charge is 0.311 e. The van der Waals surface area contributed by atoms with Gasteiger partial charge in [0.15, 0.2) is 0 Å². The molecule has 0 amide bonds. The second-order valence-electron chi connectivity index (χ2n) is 25.9. The Morgan fingerprint density at radius 3 is 1.55 bits per heavy atom. The molecule has 370 valence electrons. The molecule has 0 saturated heterocycles. The number of benzene rings is 8. The van der Waals surface area contributed by atoms with Crippen molar-refractivity contribution in [3.63, 3.8) is 0 Å². The van der Waals surface area contributed by atoms with Gasteiger partial charge in [-0.15, -0.1) is 0 Å². The molecular formula is C68H70BN5. The molecule has 2 aliphatic rings. The molecule has 0 unspecified atom stereocenters. The number of aromatic nitrogens is 3. The van der Waals surface area contributed by atoms with Crippen molar-refractivity contribution in [2.45, 2.75) is 124 Å². The van der Waals surface area contributed by atoms with Crippen molar-refractivity contribution in [3.8, 4) is 5.69 Å². The lowest BCUT2D eigenvalue weighted by Crippen LogP contribution is -2.64. The molecule has 0 N–H and O–H groups in total. The van der Waals surface area contributed by atoms with Crippen LogP contribution in [0, 0.1) is 0 Å². The van der Waals surface area contributed by atoms with Crippen molar-refractivity contribution in [1.29, 1.82) is 0 Å². The fourth-order valence-corrected chi connectivity index (χ4v) is 12.1. The normalized spacial score (nSPS) is 14.4. The molecule has 0 aliphatic carbocycles. The van der Waals surface area contributed by atoms with E-state index in [0.29, 0.717) is 0 Å². The topological polar surface area (TPSA) is 28.7 Å². The molecule has 74 heavy (non-hydrogen) atoms. The van der Waals surface area contributed by atoms with Crippen molar-refractivity contribution >= 4 is 85.1 Å². The average Bonchev–Trinajstić information content (AvgIpc) is 3.88. The third-order valence-electron chi connectivity index (χ3n) is 16.4. The lowest BCUT2D eigenvalue weighted by atomic mass is 9.30. The third-order valence-corrected chi connectivity index (χ3v) is 16.4. The fourth-order valence-electron chi connectivity index (χ4n) is 12.1. The Morgan fingerprint density at radius 1 is 0.432 bits per heavy atom. The van der Waals surface area contributed by atoms with E-state index in [1.807, 2.05) is 0 Å². The van der Waals surface area contributed by atoms with Crippen LogP contribution in [-0.4, -0.2) is 20.7 Å². The van der Waals surface area contributed by atoms with E-state index in [0.717, 1.165) is 56.3 Å². The average molecular weight is 968 g/mol. The van der Waals surface area contributed by atoms with Crippen LogP contribution in [0.3, 0.4) is 0 Å². The molecule has 8 aromatic carbocycles. The van der Waals surface area contributed by atoms with Crippen LogP contribution in [0.4, 0.5) is 34.1 Å². The van der Waals surface area contributed by atoms with E-state index >= 15 is 0 Å². The van der Waals surface area contributed by atoms with Crippen LogP contribution in [0.5, 0.6) is 0 Å². The standard InChI is InChI=1S/C68H70BN5/c1-64(2,3)43-25-30-49(31-26-43)72-58-42-59-56(70-63-73(50-32-27-44(28-33-50)65(4,5)6)57-36-29-45(66(7,8)9)38-60(57)74(59)63)41-55(58)69-54-35-34-51(71(47-21-17-15-18-22-47)48-23-19-16-20-24-48)40-52(54)68(13,14)53-37-46(67(10,11)12)39-61(72)62(53)69/h15-42H,1-14H3. The minimum Gasteiger partial charge on any atom is -0.311 e. The number of fused-ring (bicyclic) bond motifs is 9. The van der Waals surface area contributed by atoms with E-state index in [1.54, 1.807) is 0 Å². The van der Waals surface area contributed by atoms with Crippen LogP contribution in [0.25, 0.3) is 33.5 Å². The lowest BCUT2D eigenvalue weighted by Gasteiger charge is -2.46. The van der Waals surface area contributed by atoms with Crippen molar-refractivity contribution in [1.82, 2.24) is 14.0 Å². The first-order valence-corrected chi connectivity index (χ1v) is 26.7. The van der Waals surface area contributed by atoms with Crippen molar-refractivity contribution in [3.05, 3.63) is 203 Å². The molecule has 5 nitrogen and oxygen atoms in total. The summed E-state index contributed by atoms with van der Waals surface area (Å²) in [5.74, 6) is 0.915. The number of nitrogens with zero attached hydrogens (tertiary/aromatic N) is 5. The molecule has 2 aliphatic heterocycles. The van der Waals surface area contributed by atoms with Gasteiger partial charge in [-0.3, -0.25) is 8.97 Å². The molecule has 6 heteroatoms. The number of hydrogen-bond donors (Lipinski definition) is 0. The first-order chi connectivity index (χ1) is 35.0. The van der Waals surface area contributed by atoms with E-state index in [-0.39, 0.29) is 33.8 Å². The number of rotatable bonds is 5. The zero-order valence-corrected chi connectivity index (χ0v) is 46.0. The second kappa shape index (κ2) is 16.3. The highest BCUT2D eigenvalue weighted by Crippen LogP contribution is 2.47. The third kappa shape index (κ3) is 7.53. The minimum atomic E-state index is -0.345. The Balaban J connectivity index is 1.18. The van der Waals surface area contributed by atoms with Gasteiger partial charge in [-0.25, -0.2) is 4.98 Å². The van der Waals surface area contributed by atoms with Gasteiger partial charge >= 0.3 is 0 Å². The molecule has 0 radical (unpaired) electrons. The molecule has 4 heterocycles. The van der Waals surface area contributed by atoms with Gasteiger partial charge in [0.2, 0.25) is 12.5 Å². The summed E-state index contributed by atoms with van der Waals surface area (Å²) in [5, 5.41) is 0. The molecule has 0 saturated carbocycles. The SMILES string of the molecule is CC(C)(C)c1ccc(N2c3cc4c(cc3B3c5ccc(N(c6ccccc6)c6ccccc6)cc5C(C)(C)c5cc(C(C)(C)C)cc2c53)nc2n(-c3ccc(C(C)(C)C)cc3)c3ccc(C(C)(C)C)cc3n42)cc1. The zero-order chi connectivity index (χ0) is 52.0. The highest BCUT2D eigenvalue weighted by Gasteiger charge is 2.47. The van der Waals surface area contributed by atoms with E-state index < -0.39 is 0 Å². The molecule has 12 rings (SSSR count). The summed E-state index contributed by atoms with van der Waals surface area (Å²) in [7, 11) is 0. The van der Waals surface area contributed by atoms with Gasteiger partial charge in [0.05, 0.1) is 22.1 Å². The Hall–Kier alpha value is -7.31. The first-order valence-electron chi connectivity index (χ1n) is 26.7. The Morgan fingerprint density at radius 2 is 0.986 bits per heavy atom. The Bertz CT molecular complexity index is 3790. The lowest BCUT2D eigenvalue weighted by molar-refractivity contribution is 0.583. The minimum absolute atomic E-state index is 0.0144. The van der Waals surface area contributed by atoms with Gasteiger partial charge in [0.25, 0.3) is 0 Å². The van der Waals surface area contributed by atoms with E-state index in [4.69, 9.17) is 4.98 Å². The Kier molecular flexibility index (Phi) is 10.5. The first kappa shape index (κ1) is 47.7. The summed E-state index contributed by atoms with van der Waals surface area (Å²) >= 11 is 0. The fraction of sp³-hybridized carbons (Fsp3) is 0.279. The molecule has 10 aromatic rings. The van der Waals surface area contributed by atoms with E-state index in [2.05, 4.69) is 286 Å². The Labute approximate surface area is 439 Å². The quantitative estimate of drug-likeness (QED) is 0.161. The van der Waals surface area contributed by atoms with Crippen molar-refractivity contribution < 1.29 is 0 Å². The van der Waals surface area contributed by atoms with E-state index in [9.17, 15) is 0 Å². The predicted octanol–water partition coefficient (Wildman–Crippen LogP) is 16.0. The zero-order valence-electron chi connectivity index (χ0n) is 46.0. The maximum absolute atomic E-state index is 5.74. The highest BCUT2D eigenvalue weighted by atomic mass is 15.2. The number of para-hydroxylation sites is 2. The maximum atomic E-state index is 5.74. The summed E-state index contributed by atoms with van der Waals surface area (Å²) in [6.45, 7) is 32.6. The number of hydrogen-bond acceptors (Lipinski definition) is 3. The summed E-state index contributed by atoms with van der Waals surface area (Å²) in [6.07, 6.45) is 0. The van der Waals surface area contributed by atoms with Crippen molar-refractivity contribution in [2.24, 2.45) is 0 Å². The molecule has 0 atom stereocenters. The number of imidazole rings is 2. The predicted molar refractivity (Wildman–Crippen MR) is 317 cm³/mol. The molecule has 0 spiro atoms. The van der Waals surface area contributed by atoms with Crippen molar-refractivity contribution in [2.75, 3.05) is 9.80 Å². The molecule has 0 fully saturated rings. The molecular weight excluding hydrogens is 898 g/mol. The molecule has 2 aromatic heterocycles. The second-order valence-corrected chi connectivity index (χ2v) is 25.9. The van der Waals surface area contributed by atoms with Crippen LogP contribution in [0.1, 0.15) is 130 Å². The van der Waals surface area contributed by atoms with Crippen LogP contribution in [0.2, 0.25) is 0 Å². The summed E-state index contributed by atoms with van der Waals surface area (Å²) in [4.78, 5) is 10.7. The van der Waals surface area contributed by atoms with Gasteiger partial charge in [0.1, 0.15) is 0 Å². The van der Waals surface area contributed by atoms with Crippen LogP contribution >= 0.6 is 0 Å². The van der Waals surface area contributed by atoms with Crippen LogP contribution in [-0.2, 0) is 27.1 Å². The highest BCUT2D eigenvalue weighted by molar-refractivity contribution is 6.99. The maximum Gasteiger partial charge on any atom is 0.247 e. The van der Waals surface area contributed by atoms with Crippen LogP contribution < -0.4 is 26.2 Å². The van der Waals surface area contributed by atoms with Gasteiger partial charge < -0.3 is 9.80 Å². The van der Waals surface area contributed by atoms with E-state index in [1.165, 1.54) is 61.1 Å². The van der Waals surface area contributed by atoms with Gasteiger partial charge in [-0.1, -0.05) is 181 Å². The summed E-state index contributed by atoms with van der Waals surface area (Å²) in [6, 6.07) is 64.5. The number of anilines is 6. The monoisotopic (exact) mass is 968 g/mol. The smallest absolute Gasteiger partial charge is 0.247 e. The van der Waals surface area contributed by atoms with Gasteiger partial charge in [-0.2, -0.15) is 0 Å². The van der Waals surface area contributed by atoms with Crippen LogP contribution in [0.15, 0.2) is 170 Å². The van der Waals surface area contributed by atoms with Gasteiger partial charge in [-0.05, 0) is 157 Å². The summed E-state index contributed by atoms with van der Waals surface area (Å²) < 4.78 is 4.82. The molecule has 0 bridgehead atoms. The van der Waals surface area contributed by atoms with Gasteiger partial charge in [0, 0.05) is 45.2 Å². The summed E-state index contributed by atoms with van der Waals surface area (Å²) in [5.41, 5.74) is 24.0.